The van der Waals surface area contributed by atoms with Crippen LogP contribution in [-0.4, -0.2) is 20.6 Å². The van der Waals surface area contributed by atoms with Crippen LogP contribution < -0.4 is 0 Å². The fraction of sp³-hybridized carbons (Fsp3) is 0.385. The van der Waals surface area contributed by atoms with Crippen molar-refractivity contribution in [1.29, 1.82) is 0 Å². The van der Waals surface area contributed by atoms with Crippen LogP contribution in [0.25, 0.3) is 11.0 Å². The highest BCUT2D eigenvalue weighted by Crippen LogP contribution is 2.23. The van der Waals surface area contributed by atoms with Crippen LogP contribution in [0.5, 0.6) is 0 Å². The van der Waals surface area contributed by atoms with Gasteiger partial charge in [0.15, 0.2) is 0 Å². The Balaban J connectivity index is 2.60. The van der Waals surface area contributed by atoms with Gasteiger partial charge in [-0.3, -0.25) is 4.79 Å². The summed E-state index contributed by atoms with van der Waals surface area (Å²) in [6.07, 6.45) is 0.947. The summed E-state index contributed by atoms with van der Waals surface area (Å²) < 4.78 is 1.80. The molecule has 0 fully saturated rings. The van der Waals surface area contributed by atoms with Crippen LogP contribution in [0.4, 0.5) is 0 Å². The van der Waals surface area contributed by atoms with Crippen molar-refractivity contribution in [1.82, 2.24) is 9.55 Å². The maximum atomic E-state index is 10.9. The number of aromatic nitrogens is 2. The van der Waals surface area contributed by atoms with Crippen LogP contribution in [0, 0.1) is 0 Å². The molecular formula is C13H16N2O2. The molecule has 4 heteroatoms. The largest absolute Gasteiger partial charge is 0.480 e. The number of para-hydroxylation sites is 2. The highest BCUT2D eigenvalue weighted by Gasteiger charge is 2.16. The monoisotopic (exact) mass is 232 g/mol. The average molecular weight is 232 g/mol. The smallest absolute Gasteiger partial charge is 0.323 e. The number of carboxylic acids is 1. The van der Waals surface area contributed by atoms with Crippen molar-refractivity contribution in [3.63, 3.8) is 0 Å². The number of hydrogen-bond acceptors (Lipinski definition) is 2. The van der Waals surface area contributed by atoms with E-state index >= 15 is 0 Å². The number of fused-ring (bicyclic) bond motifs is 1. The Bertz CT molecular complexity index is 545. The summed E-state index contributed by atoms with van der Waals surface area (Å²) >= 11 is 0. The second-order valence-corrected chi connectivity index (χ2v) is 4.25. The Morgan fingerprint density at radius 2 is 2.18 bits per heavy atom. The normalized spacial score (nSPS) is 12.8. The number of benzene rings is 1. The van der Waals surface area contributed by atoms with Crippen LogP contribution in [0.15, 0.2) is 24.3 Å². The fourth-order valence-electron chi connectivity index (χ4n) is 1.95. The van der Waals surface area contributed by atoms with Crippen LogP contribution in [-0.2, 0) is 11.3 Å². The lowest BCUT2D eigenvalue weighted by atomic mass is 10.1. The van der Waals surface area contributed by atoms with E-state index in [1.807, 2.05) is 24.3 Å². The minimum absolute atomic E-state index is 0.0276. The zero-order chi connectivity index (χ0) is 12.4. The Kier molecular flexibility index (Phi) is 3.13. The molecule has 0 saturated carbocycles. The lowest BCUT2D eigenvalue weighted by Crippen LogP contribution is -2.13. The van der Waals surface area contributed by atoms with Crippen LogP contribution >= 0.6 is 0 Å². The summed E-state index contributed by atoms with van der Waals surface area (Å²) in [5.74, 6) is 0.288. The number of aliphatic carboxylic acids is 1. The first-order valence-corrected chi connectivity index (χ1v) is 5.80. The SMILES string of the molecule is CCC(C)c1nc2ccccc2n1CC(=O)O. The topological polar surface area (TPSA) is 55.1 Å². The van der Waals surface area contributed by atoms with E-state index < -0.39 is 5.97 Å². The zero-order valence-corrected chi connectivity index (χ0v) is 10.1. The predicted octanol–water partition coefficient (Wildman–Crippen LogP) is 2.63. The van der Waals surface area contributed by atoms with Gasteiger partial charge in [-0.15, -0.1) is 0 Å². The number of carbonyl (C=O) groups is 1. The third-order valence-electron chi connectivity index (χ3n) is 3.03. The van der Waals surface area contributed by atoms with E-state index in [0.29, 0.717) is 0 Å². The molecule has 0 aliphatic heterocycles. The van der Waals surface area contributed by atoms with Crippen molar-refractivity contribution < 1.29 is 9.90 Å². The third kappa shape index (κ3) is 2.16. The molecule has 1 unspecified atom stereocenters. The summed E-state index contributed by atoms with van der Waals surface area (Å²) in [4.78, 5) is 15.5. The van der Waals surface area contributed by atoms with Crippen LogP contribution in [0.3, 0.4) is 0 Å². The quantitative estimate of drug-likeness (QED) is 0.881. The molecule has 1 aromatic heterocycles. The minimum atomic E-state index is -0.835. The Labute approximate surface area is 99.9 Å². The molecule has 0 saturated heterocycles. The summed E-state index contributed by atoms with van der Waals surface area (Å²) in [6, 6.07) is 7.65. The molecule has 0 spiro atoms. The number of hydrogen-bond donors (Lipinski definition) is 1. The Hall–Kier alpha value is -1.84. The molecule has 0 radical (unpaired) electrons. The first kappa shape index (κ1) is 11.6. The zero-order valence-electron chi connectivity index (χ0n) is 10.1. The summed E-state index contributed by atoms with van der Waals surface area (Å²) in [5.41, 5.74) is 1.76. The molecule has 1 N–H and O–H groups in total. The summed E-state index contributed by atoms with van der Waals surface area (Å²) in [7, 11) is 0. The van der Waals surface area contributed by atoms with Gasteiger partial charge in [0.25, 0.3) is 0 Å². The lowest BCUT2D eigenvalue weighted by molar-refractivity contribution is -0.137. The van der Waals surface area contributed by atoms with Crippen molar-refractivity contribution >= 4 is 17.0 Å². The molecule has 2 rings (SSSR count). The summed E-state index contributed by atoms with van der Waals surface area (Å²) in [6.45, 7) is 4.12. The molecule has 0 aliphatic carbocycles. The number of carboxylic acid groups (broad SMARTS) is 1. The van der Waals surface area contributed by atoms with E-state index in [9.17, 15) is 4.79 Å². The third-order valence-corrected chi connectivity index (χ3v) is 3.03. The van der Waals surface area contributed by atoms with Crippen molar-refractivity contribution in [3.05, 3.63) is 30.1 Å². The molecule has 0 aliphatic rings. The lowest BCUT2D eigenvalue weighted by Gasteiger charge is -2.10. The van der Waals surface area contributed by atoms with E-state index in [1.54, 1.807) is 4.57 Å². The predicted molar refractivity (Wildman–Crippen MR) is 66.1 cm³/mol. The van der Waals surface area contributed by atoms with Crippen molar-refractivity contribution in [3.8, 4) is 0 Å². The van der Waals surface area contributed by atoms with Gasteiger partial charge in [-0.1, -0.05) is 26.0 Å². The van der Waals surface area contributed by atoms with Gasteiger partial charge in [-0.25, -0.2) is 4.98 Å². The Morgan fingerprint density at radius 3 is 2.82 bits per heavy atom. The molecule has 17 heavy (non-hydrogen) atoms. The average Bonchev–Trinajstić information content (AvgIpc) is 2.67. The number of imidazole rings is 1. The molecule has 0 amide bonds. The molecule has 4 nitrogen and oxygen atoms in total. The number of nitrogens with zero attached hydrogens (tertiary/aromatic N) is 2. The molecule has 0 bridgehead atoms. The van der Waals surface area contributed by atoms with Crippen molar-refractivity contribution in [2.24, 2.45) is 0 Å². The minimum Gasteiger partial charge on any atom is -0.480 e. The highest BCUT2D eigenvalue weighted by molar-refractivity contribution is 5.78. The van der Waals surface area contributed by atoms with Gasteiger partial charge in [0.1, 0.15) is 12.4 Å². The van der Waals surface area contributed by atoms with Gasteiger partial charge < -0.3 is 9.67 Å². The van der Waals surface area contributed by atoms with Gasteiger partial charge in [0.2, 0.25) is 0 Å². The molecular weight excluding hydrogens is 216 g/mol. The van der Waals surface area contributed by atoms with E-state index in [4.69, 9.17) is 5.11 Å². The van der Waals surface area contributed by atoms with E-state index in [-0.39, 0.29) is 12.5 Å². The first-order valence-electron chi connectivity index (χ1n) is 5.80. The second kappa shape index (κ2) is 4.57. The van der Waals surface area contributed by atoms with E-state index in [2.05, 4.69) is 18.8 Å². The first-order chi connectivity index (χ1) is 8.13. The van der Waals surface area contributed by atoms with Gasteiger partial charge in [0.05, 0.1) is 11.0 Å². The molecule has 2 aromatic rings. The van der Waals surface area contributed by atoms with Crippen molar-refractivity contribution in [2.75, 3.05) is 0 Å². The van der Waals surface area contributed by atoms with Crippen LogP contribution in [0.2, 0.25) is 0 Å². The van der Waals surface area contributed by atoms with Crippen LogP contribution in [0.1, 0.15) is 32.0 Å². The maximum absolute atomic E-state index is 10.9. The molecule has 90 valence electrons. The molecule has 1 heterocycles. The fourth-order valence-corrected chi connectivity index (χ4v) is 1.95. The number of rotatable bonds is 4. The summed E-state index contributed by atoms with van der Waals surface area (Å²) in [5, 5.41) is 8.98. The standard InChI is InChI=1S/C13H16N2O2/c1-3-9(2)13-14-10-6-4-5-7-11(10)15(13)8-12(16)17/h4-7,9H,3,8H2,1-2H3,(H,16,17). The highest BCUT2D eigenvalue weighted by atomic mass is 16.4. The van der Waals surface area contributed by atoms with Gasteiger partial charge in [-0.05, 0) is 18.6 Å². The van der Waals surface area contributed by atoms with Gasteiger partial charge in [-0.2, -0.15) is 0 Å². The van der Waals surface area contributed by atoms with Gasteiger partial charge in [0, 0.05) is 5.92 Å². The van der Waals surface area contributed by atoms with E-state index in [1.165, 1.54) is 0 Å². The molecule has 1 atom stereocenters. The van der Waals surface area contributed by atoms with Crippen molar-refractivity contribution in [2.45, 2.75) is 32.7 Å². The van der Waals surface area contributed by atoms with Gasteiger partial charge >= 0.3 is 5.97 Å². The maximum Gasteiger partial charge on any atom is 0.323 e. The second-order valence-electron chi connectivity index (χ2n) is 4.25. The molecule has 1 aromatic carbocycles. The Morgan fingerprint density at radius 1 is 1.47 bits per heavy atom. The van der Waals surface area contributed by atoms with E-state index in [0.717, 1.165) is 23.3 Å².